The second-order valence-electron chi connectivity index (χ2n) is 8.21. The number of nitrogen functional groups attached to an aromatic ring is 1. The van der Waals surface area contributed by atoms with E-state index in [1.165, 1.54) is 18.5 Å². The molecule has 0 saturated carbocycles. The number of hydrogen-bond donors (Lipinski definition) is 1. The van der Waals surface area contributed by atoms with E-state index < -0.39 is 15.8 Å². The molecule has 7 nitrogen and oxygen atoms in total. The van der Waals surface area contributed by atoms with Crippen molar-refractivity contribution in [2.24, 2.45) is 0 Å². The Labute approximate surface area is 186 Å². The summed E-state index contributed by atoms with van der Waals surface area (Å²) in [5.74, 6) is -0.253. The molecule has 1 aromatic heterocycles. The lowest BCUT2D eigenvalue weighted by atomic mass is 10.0. The number of rotatable bonds is 4. The lowest BCUT2D eigenvalue weighted by Crippen LogP contribution is -2.51. The predicted molar refractivity (Wildman–Crippen MR) is 121 cm³/mol. The van der Waals surface area contributed by atoms with E-state index in [1.54, 1.807) is 40.7 Å². The van der Waals surface area contributed by atoms with Gasteiger partial charge in [0.15, 0.2) is 0 Å². The Hall–Kier alpha value is -2.88. The minimum Gasteiger partial charge on any atom is -0.382 e. The Bertz CT molecular complexity index is 1250. The number of hydrogen-bond acceptors (Lipinski definition) is 6. The summed E-state index contributed by atoms with van der Waals surface area (Å²) in [5, 5.41) is 0. The molecule has 3 aromatic rings. The number of fused-ring (bicyclic) bond motifs is 1. The van der Waals surface area contributed by atoms with Gasteiger partial charge < -0.3 is 5.73 Å². The van der Waals surface area contributed by atoms with Crippen LogP contribution in [0.1, 0.15) is 12.8 Å². The highest BCUT2D eigenvalue weighted by Crippen LogP contribution is 2.34. The topological polar surface area (TPSA) is 92.4 Å². The second-order valence-corrected chi connectivity index (χ2v) is 10.1. The summed E-state index contributed by atoms with van der Waals surface area (Å²) in [7, 11) is -3.71. The van der Waals surface area contributed by atoms with Crippen molar-refractivity contribution in [3.05, 3.63) is 60.7 Å². The Morgan fingerprint density at radius 1 is 1.00 bits per heavy atom. The summed E-state index contributed by atoms with van der Waals surface area (Å²) in [4.78, 5) is 10.6. The van der Waals surface area contributed by atoms with Crippen LogP contribution in [0.3, 0.4) is 0 Å². The number of nitrogens with zero attached hydrogens (tertiary/aromatic N) is 4. The van der Waals surface area contributed by atoms with Crippen molar-refractivity contribution in [2.75, 3.05) is 31.9 Å². The Morgan fingerprint density at radius 3 is 2.62 bits per heavy atom. The van der Waals surface area contributed by atoms with Crippen LogP contribution in [0, 0.1) is 5.82 Å². The molecule has 2 aromatic carbocycles. The molecule has 1 atom stereocenters. The first-order chi connectivity index (χ1) is 15.4. The highest BCUT2D eigenvalue weighted by atomic mass is 32.2. The van der Waals surface area contributed by atoms with Gasteiger partial charge in [-0.3, -0.25) is 9.88 Å². The first-order valence-electron chi connectivity index (χ1n) is 10.6. The van der Waals surface area contributed by atoms with Gasteiger partial charge in [-0.1, -0.05) is 24.3 Å². The minimum absolute atomic E-state index is 0.200. The SMILES string of the molecule is Nc1cnc(-c2ccc(-c3ccccc3S(=O)(=O)N3CCN4CCCC4C3)cc2F)cn1. The summed E-state index contributed by atoms with van der Waals surface area (Å²) in [6.45, 7) is 2.76. The van der Waals surface area contributed by atoms with E-state index in [2.05, 4.69) is 14.9 Å². The van der Waals surface area contributed by atoms with E-state index in [4.69, 9.17) is 5.73 Å². The van der Waals surface area contributed by atoms with Crippen molar-refractivity contribution < 1.29 is 12.8 Å². The summed E-state index contributed by atoms with van der Waals surface area (Å²) in [5.41, 5.74) is 7.17. The Kier molecular flexibility index (Phi) is 5.40. The number of anilines is 1. The first kappa shape index (κ1) is 21.0. The fourth-order valence-electron chi connectivity index (χ4n) is 4.62. The highest BCUT2D eigenvalue weighted by Gasteiger charge is 2.37. The smallest absolute Gasteiger partial charge is 0.243 e. The molecular weight excluding hydrogens is 429 g/mol. The van der Waals surface area contributed by atoms with Gasteiger partial charge in [0.05, 0.1) is 23.0 Å². The Balaban J connectivity index is 1.49. The van der Waals surface area contributed by atoms with Crippen molar-refractivity contribution in [3.63, 3.8) is 0 Å². The molecule has 5 rings (SSSR count). The quantitative estimate of drug-likeness (QED) is 0.653. The van der Waals surface area contributed by atoms with Gasteiger partial charge >= 0.3 is 0 Å². The second kappa shape index (κ2) is 8.23. The van der Waals surface area contributed by atoms with Crippen molar-refractivity contribution in [1.82, 2.24) is 19.2 Å². The van der Waals surface area contributed by atoms with Gasteiger partial charge in [0.1, 0.15) is 11.6 Å². The third-order valence-corrected chi connectivity index (χ3v) is 8.21. The molecule has 2 aliphatic rings. The van der Waals surface area contributed by atoms with Gasteiger partial charge in [-0.05, 0) is 43.1 Å². The number of aromatic nitrogens is 2. The van der Waals surface area contributed by atoms with Crippen LogP contribution >= 0.6 is 0 Å². The van der Waals surface area contributed by atoms with E-state index >= 15 is 0 Å². The molecule has 2 fully saturated rings. The zero-order valence-corrected chi connectivity index (χ0v) is 18.3. The maximum atomic E-state index is 15.0. The summed E-state index contributed by atoms with van der Waals surface area (Å²) in [6.07, 6.45) is 4.91. The summed E-state index contributed by atoms with van der Waals surface area (Å²) in [6, 6.07) is 11.7. The van der Waals surface area contributed by atoms with Gasteiger partial charge in [-0.25, -0.2) is 17.8 Å². The number of piperazine rings is 1. The van der Waals surface area contributed by atoms with Crippen LogP contribution in [-0.4, -0.2) is 59.8 Å². The molecule has 0 amide bonds. The van der Waals surface area contributed by atoms with Gasteiger partial charge in [-0.15, -0.1) is 0 Å². The third kappa shape index (κ3) is 3.76. The molecule has 0 aliphatic carbocycles. The number of sulfonamides is 1. The van der Waals surface area contributed by atoms with Gasteiger partial charge in [0.25, 0.3) is 0 Å². The molecular formula is C23H24FN5O2S. The molecule has 3 heterocycles. The number of benzene rings is 2. The fourth-order valence-corrected chi connectivity index (χ4v) is 6.30. The molecule has 0 bridgehead atoms. The van der Waals surface area contributed by atoms with E-state index in [0.717, 1.165) is 25.9 Å². The van der Waals surface area contributed by atoms with E-state index in [0.29, 0.717) is 29.9 Å². The average Bonchev–Trinajstić information content (AvgIpc) is 3.28. The van der Waals surface area contributed by atoms with Gasteiger partial charge in [-0.2, -0.15) is 4.31 Å². The van der Waals surface area contributed by atoms with Crippen LogP contribution in [0.15, 0.2) is 59.8 Å². The van der Waals surface area contributed by atoms with Gasteiger partial charge in [0.2, 0.25) is 10.0 Å². The van der Waals surface area contributed by atoms with Crippen molar-refractivity contribution in [1.29, 1.82) is 0 Å². The standard InChI is InChI=1S/C23H24FN5O2S/c24-20-12-16(7-8-19(20)21-13-27-23(25)14-26-21)18-5-1-2-6-22(18)32(30,31)29-11-10-28-9-3-4-17(28)15-29/h1-2,5-8,12-14,17H,3-4,9-11,15H2,(H2,25,27). The summed E-state index contributed by atoms with van der Waals surface area (Å²) < 4.78 is 43.7. The zero-order valence-electron chi connectivity index (χ0n) is 17.5. The molecule has 2 aliphatic heterocycles. The normalized spacial score (nSPS) is 19.7. The maximum absolute atomic E-state index is 15.0. The van der Waals surface area contributed by atoms with Gasteiger partial charge in [0, 0.05) is 36.8 Å². The summed E-state index contributed by atoms with van der Waals surface area (Å²) >= 11 is 0. The van der Waals surface area contributed by atoms with E-state index in [1.807, 2.05) is 0 Å². The van der Waals surface area contributed by atoms with E-state index in [-0.39, 0.29) is 22.3 Å². The molecule has 9 heteroatoms. The fraction of sp³-hybridized carbons (Fsp3) is 0.304. The lowest BCUT2D eigenvalue weighted by molar-refractivity contribution is 0.158. The molecule has 0 spiro atoms. The van der Waals surface area contributed by atoms with Crippen LogP contribution in [0.2, 0.25) is 0 Å². The molecule has 2 N–H and O–H groups in total. The molecule has 1 unspecified atom stereocenters. The lowest BCUT2D eigenvalue weighted by Gasteiger charge is -2.36. The third-order valence-electron chi connectivity index (χ3n) is 6.28. The predicted octanol–water partition coefficient (Wildman–Crippen LogP) is 3.00. The average molecular weight is 454 g/mol. The number of halogens is 1. The maximum Gasteiger partial charge on any atom is 0.243 e. The molecule has 2 saturated heterocycles. The van der Waals surface area contributed by atoms with Crippen LogP contribution in [0.25, 0.3) is 22.4 Å². The zero-order chi connectivity index (χ0) is 22.3. The van der Waals surface area contributed by atoms with E-state index in [9.17, 15) is 12.8 Å². The van der Waals surface area contributed by atoms with Crippen LogP contribution in [0.4, 0.5) is 10.2 Å². The van der Waals surface area contributed by atoms with Crippen molar-refractivity contribution >= 4 is 15.8 Å². The largest absolute Gasteiger partial charge is 0.382 e. The van der Waals surface area contributed by atoms with Crippen LogP contribution < -0.4 is 5.73 Å². The highest BCUT2D eigenvalue weighted by molar-refractivity contribution is 7.89. The molecule has 32 heavy (non-hydrogen) atoms. The monoisotopic (exact) mass is 453 g/mol. The van der Waals surface area contributed by atoms with Crippen molar-refractivity contribution in [2.45, 2.75) is 23.8 Å². The number of nitrogens with two attached hydrogens (primary N) is 1. The first-order valence-corrected chi connectivity index (χ1v) is 12.1. The van der Waals surface area contributed by atoms with Crippen molar-refractivity contribution in [3.8, 4) is 22.4 Å². The minimum atomic E-state index is -3.71. The van der Waals surface area contributed by atoms with Crippen LogP contribution in [-0.2, 0) is 10.0 Å². The molecule has 0 radical (unpaired) electrons. The molecule has 166 valence electrons. The van der Waals surface area contributed by atoms with Crippen LogP contribution in [0.5, 0.6) is 0 Å². The Morgan fingerprint density at radius 2 is 1.84 bits per heavy atom.